The van der Waals surface area contributed by atoms with Gasteiger partial charge in [-0.25, -0.2) is 5.43 Å². The molecule has 5 heteroatoms. The quantitative estimate of drug-likeness (QED) is 0.515. The largest absolute Gasteiger partial charge is 0.496 e. The van der Waals surface area contributed by atoms with Crippen molar-refractivity contribution >= 4 is 28.6 Å². The van der Waals surface area contributed by atoms with Crippen molar-refractivity contribution in [1.82, 2.24) is 5.43 Å². The zero-order valence-electron chi connectivity index (χ0n) is 15.7. The summed E-state index contributed by atoms with van der Waals surface area (Å²) in [5.74, 6) is 0.491. The zero-order chi connectivity index (χ0) is 19.2. The molecule has 3 aromatic rings. The fraction of sp³-hybridized carbons (Fsp3) is 0.182. The zero-order valence-corrected chi connectivity index (χ0v) is 15.7. The van der Waals surface area contributed by atoms with Gasteiger partial charge >= 0.3 is 0 Å². The highest BCUT2D eigenvalue weighted by atomic mass is 16.5. The molecule has 2 N–H and O–H groups in total. The Balaban J connectivity index is 1.66. The Morgan fingerprint density at radius 3 is 2.70 bits per heavy atom. The van der Waals surface area contributed by atoms with Crippen molar-refractivity contribution in [3.8, 4) is 5.75 Å². The summed E-state index contributed by atoms with van der Waals surface area (Å²) >= 11 is 0. The van der Waals surface area contributed by atoms with E-state index in [1.54, 1.807) is 13.3 Å². The van der Waals surface area contributed by atoms with Crippen LogP contribution in [-0.2, 0) is 4.79 Å². The average molecular weight is 361 g/mol. The molecule has 1 amide bonds. The molecule has 0 unspecified atom stereocenters. The third kappa shape index (κ3) is 4.44. The Hall–Kier alpha value is -3.34. The average Bonchev–Trinajstić information content (AvgIpc) is 2.67. The lowest BCUT2D eigenvalue weighted by atomic mass is 10.0. The third-order valence-corrected chi connectivity index (χ3v) is 4.35. The van der Waals surface area contributed by atoms with Gasteiger partial charge in [0.15, 0.2) is 0 Å². The predicted molar refractivity (Wildman–Crippen MR) is 111 cm³/mol. The van der Waals surface area contributed by atoms with Crippen molar-refractivity contribution in [2.24, 2.45) is 5.10 Å². The summed E-state index contributed by atoms with van der Waals surface area (Å²) in [5.41, 5.74) is 6.63. The summed E-state index contributed by atoms with van der Waals surface area (Å²) in [6.07, 6.45) is 1.62. The molecule has 138 valence electrons. The highest BCUT2D eigenvalue weighted by molar-refractivity contribution is 6.02. The van der Waals surface area contributed by atoms with Crippen LogP contribution >= 0.6 is 0 Å². The molecule has 0 aromatic heterocycles. The van der Waals surface area contributed by atoms with Gasteiger partial charge in [0.1, 0.15) is 5.75 Å². The number of hydrogen-bond donors (Lipinski definition) is 2. The Bertz CT molecular complexity index is 996. The smallest absolute Gasteiger partial charge is 0.259 e. The summed E-state index contributed by atoms with van der Waals surface area (Å²) < 4.78 is 5.42. The first kappa shape index (κ1) is 18.5. The van der Waals surface area contributed by atoms with Crippen LogP contribution in [0, 0.1) is 13.8 Å². The first-order chi connectivity index (χ1) is 13.1. The van der Waals surface area contributed by atoms with Gasteiger partial charge in [0.25, 0.3) is 5.91 Å². The standard InChI is InChI=1S/C22H23N3O2/c1-15-8-10-20(16(2)12-15)23-14-22(26)25-24-13-19-18-7-5-4-6-17(18)9-11-21(19)27-3/h4-13,23H,14H2,1-3H3,(H,25,26)/b24-13-. The van der Waals surface area contributed by atoms with E-state index in [2.05, 4.69) is 21.9 Å². The number of fused-ring (bicyclic) bond motifs is 1. The molecule has 3 rings (SSSR count). The van der Waals surface area contributed by atoms with E-state index < -0.39 is 0 Å². The van der Waals surface area contributed by atoms with Crippen LogP contribution in [0.3, 0.4) is 0 Å². The molecule has 5 nitrogen and oxygen atoms in total. The highest BCUT2D eigenvalue weighted by Crippen LogP contribution is 2.26. The molecular formula is C22H23N3O2. The topological polar surface area (TPSA) is 62.7 Å². The number of hydrazone groups is 1. The van der Waals surface area contributed by atoms with E-state index in [0.717, 1.165) is 27.6 Å². The molecule has 0 radical (unpaired) electrons. The lowest BCUT2D eigenvalue weighted by molar-refractivity contribution is -0.119. The number of anilines is 1. The normalized spacial score (nSPS) is 10.9. The number of methoxy groups -OCH3 is 1. The number of aryl methyl sites for hydroxylation is 2. The van der Waals surface area contributed by atoms with Crippen molar-refractivity contribution in [2.45, 2.75) is 13.8 Å². The van der Waals surface area contributed by atoms with E-state index in [0.29, 0.717) is 5.75 Å². The molecule has 0 aliphatic heterocycles. The molecule has 0 atom stereocenters. The minimum absolute atomic E-state index is 0.147. The van der Waals surface area contributed by atoms with Crippen LogP contribution in [0.4, 0.5) is 5.69 Å². The minimum atomic E-state index is -0.217. The molecule has 0 saturated carbocycles. The van der Waals surface area contributed by atoms with Gasteiger partial charge in [-0.3, -0.25) is 4.79 Å². The number of rotatable bonds is 6. The van der Waals surface area contributed by atoms with Gasteiger partial charge < -0.3 is 10.1 Å². The Labute approximate surface area is 159 Å². The van der Waals surface area contributed by atoms with Crippen molar-refractivity contribution in [1.29, 1.82) is 0 Å². The predicted octanol–water partition coefficient (Wildman–Crippen LogP) is 4.03. The number of amides is 1. The summed E-state index contributed by atoms with van der Waals surface area (Å²) in [6, 6.07) is 17.9. The van der Waals surface area contributed by atoms with Gasteiger partial charge in [-0.2, -0.15) is 5.10 Å². The second kappa shape index (κ2) is 8.36. The maximum atomic E-state index is 12.1. The van der Waals surface area contributed by atoms with E-state index in [1.165, 1.54) is 5.56 Å². The Morgan fingerprint density at radius 2 is 1.93 bits per heavy atom. The first-order valence-corrected chi connectivity index (χ1v) is 8.77. The van der Waals surface area contributed by atoms with Crippen molar-refractivity contribution in [3.05, 3.63) is 71.3 Å². The molecule has 0 heterocycles. The molecule has 0 saturated heterocycles. The molecule has 0 bridgehead atoms. The molecule has 0 aliphatic carbocycles. The third-order valence-electron chi connectivity index (χ3n) is 4.35. The van der Waals surface area contributed by atoms with Gasteiger partial charge in [-0.05, 0) is 42.3 Å². The molecule has 0 fully saturated rings. The van der Waals surface area contributed by atoms with Crippen molar-refractivity contribution < 1.29 is 9.53 Å². The maximum absolute atomic E-state index is 12.1. The number of hydrogen-bond acceptors (Lipinski definition) is 4. The van der Waals surface area contributed by atoms with Gasteiger partial charge in [0.05, 0.1) is 19.9 Å². The van der Waals surface area contributed by atoms with Crippen LogP contribution in [0.1, 0.15) is 16.7 Å². The number of nitrogens with one attached hydrogen (secondary N) is 2. The van der Waals surface area contributed by atoms with Crippen LogP contribution in [0.5, 0.6) is 5.75 Å². The van der Waals surface area contributed by atoms with Crippen LogP contribution in [0.25, 0.3) is 10.8 Å². The van der Waals surface area contributed by atoms with Gasteiger partial charge in [0, 0.05) is 11.3 Å². The highest BCUT2D eigenvalue weighted by Gasteiger charge is 2.06. The summed E-state index contributed by atoms with van der Waals surface area (Å²) in [7, 11) is 1.62. The van der Waals surface area contributed by atoms with Gasteiger partial charge in [-0.1, -0.05) is 48.0 Å². The van der Waals surface area contributed by atoms with Crippen LogP contribution in [0.2, 0.25) is 0 Å². The number of ether oxygens (including phenoxy) is 1. The van der Waals surface area contributed by atoms with Crippen LogP contribution < -0.4 is 15.5 Å². The number of carbonyl (C=O) groups excluding carboxylic acids is 1. The van der Waals surface area contributed by atoms with Crippen LogP contribution in [0.15, 0.2) is 59.7 Å². The summed E-state index contributed by atoms with van der Waals surface area (Å²) in [6.45, 7) is 4.20. The molecule has 0 aliphatic rings. The fourth-order valence-electron chi connectivity index (χ4n) is 2.98. The first-order valence-electron chi connectivity index (χ1n) is 8.77. The fourth-order valence-corrected chi connectivity index (χ4v) is 2.98. The molecular weight excluding hydrogens is 338 g/mol. The molecule has 3 aromatic carbocycles. The van der Waals surface area contributed by atoms with Crippen molar-refractivity contribution in [2.75, 3.05) is 19.0 Å². The summed E-state index contributed by atoms with van der Waals surface area (Å²) in [5, 5.41) is 9.34. The number of carbonyl (C=O) groups is 1. The number of nitrogens with zero attached hydrogens (tertiary/aromatic N) is 1. The molecule has 27 heavy (non-hydrogen) atoms. The summed E-state index contributed by atoms with van der Waals surface area (Å²) in [4.78, 5) is 12.1. The lowest BCUT2D eigenvalue weighted by Crippen LogP contribution is -2.26. The van der Waals surface area contributed by atoms with Crippen LogP contribution in [-0.4, -0.2) is 25.8 Å². The SMILES string of the molecule is COc1ccc2ccccc2c1/C=N\NC(=O)CNc1ccc(C)cc1C. The monoisotopic (exact) mass is 361 g/mol. The van der Waals surface area contributed by atoms with E-state index in [4.69, 9.17) is 4.74 Å². The van der Waals surface area contributed by atoms with E-state index in [1.807, 2.05) is 62.4 Å². The van der Waals surface area contributed by atoms with E-state index in [9.17, 15) is 4.79 Å². The molecule has 0 spiro atoms. The van der Waals surface area contributed by atoms with Gasteiger partial charge in [-0.15, -0.1) is 0 Å². The van der Waals surface area contributed by atoms with Gasteiger partial charge in [0.2, 0.25) is 0 Å². The maximum Gasteiger partial charge on any atom is 0.259 e. The Morgan fingerprint density at radius 1 is 1.11 bits per heavy atom. The minimum Gasteiger partial charge on any atom is -0.496 e. The second-order valence-electron chi connectivity index (χ2n) is 6.37. The van der Waals surface area contributed by atoms with Crippen molar-refractivity contribution in [3.63, 3.8) is 0 Å². The van der Waals surface area contributed by atoms with E-state index in [-0.39, 0.29) is 12.5 Å². The number of benzene rings is 3. The lowest BCUT2D eigenvalue weighted by Gasteiger charge is -2.10. The second-order valence-corrected chi connectivity index (χ2v) is 6.37. The van der Waals surface area contributed by atoms with E-state index >= 15 is 0 Å². The Kier molecular flexibility index (Phi) is 5.71.